The minimum Gasteiger partial charge on any atom is -0.444 e. The Morgan fingerprint density at radius 1 is 1.41 bits per heavy atom. The fourth-order valence-electron chi connectivity index (χ4n) is 1.84. The van der Waals surface area contributed by atoms with Crippen LogP contribution < -0.4 is 0 Å². The number of carbonyl (C=O) groups excluding carboxylic acids is 1. The van der Waals surface area contributed by atoms with Crippen LogP contribution in [0.1, 0.15) is 26.5 Å². The average molecular weight is 301 g/mol. The zero-order chi connectivity index (χ0) is 12.6. The van der Waals surface area contributed by atoms with Crippen molar-refractivity contribution < 1.29 is 9.53 Å². The van der Waals surface area contributed by atoms with Crippen molar-refractivity contribution in [3.05, 3.63) is 22.4 Å². The Morgan fingerprint density at radius 3 is 2.76 bits per heavy atom. The van der Waals surface area contributed by atoms with Gasteiger partial charge in [-0.15, -0.1) is 0 Å². The van der Waals surface area contributed by atoms with Crippen molar-refractivity contribution in [3.63, 3.8) is 0 Å². The average Bonchev–Trinajstić information content (AvgIpc) is 2.53. The molecule has 0 fully saturated rings. The van der Waals surface area contributed by atoms with Gasteiger partial charge in [0.15, 0.2) is 0 Å². The van der Waals surface area contributed by atoms with Crippen LogP contribution >= 0.6 is 15.9 Å². The van der Waals surface area contributed by atoms with Crippen LogP contribution in [-0.2, 0) is 17.8 Å². The molecule has 0 saturated carbocycles. The first kappa shape index (κ1) is 12.5. The number of aromatic nitrogens is 1. The van der Waals surface area contributed by atoms with E-state index in [2.05, 4.69) is 20.5 Å². The fourth-order valence-corrected chi connectivity index (χ4v) is 2.35. The van der Waals surface area contributed by atoms with Crippen molar-refractivity contribution >= 4 is 22.0 Å². The van der Waals surface area contributed by atoms with Gasteiger partial charge in [-0.2, -0.15) is 0 Å². The minimum absolute atomic E-state index is 0.235. The highest BCUT2D eigenvalue weighted by Crippen LogP contribution is 2.21. The van der Waals surface area contributed by atoms with Crippen molar-refractivity contribution in [2.45, 2.75) is 39.5 Å². The summed E-state index contributed by atoms with van der Waals surface area (Å²) in [7, 11) is 0. The van der Waals surface area contributed by atoms with E-state index in [1.165, 1.54) is 0 Å². The van der Waals surface area contributed by atoms with Crippen molar-refractivity contribution in [2.75, 3.05) is 6.54 Å². The van der Waals surface area contributed by atoms with Gasteiger partial charge in [-0.1, -0.05) is 0 Å². The molecule has 0 aromatic carbocycles. The second-order valence-corrected chi connectivity index (χ2v) is 6.16. The first-order valence-corrected chi connectivity index (χ1v) is 6.47. The van der Waals surface area contributed by atoms with E-state index in [-0.39, 0.29) is 6.09 Å². The standard InChI is InChI=1S/C12H17BrN2O2/c1-12(2,3)17-11(16)15-5-4-14-7-9(13)6-10(14)8-15/h6-7H,4-5,8H2,1-3H3. The SMILES string of the molecule is CC(C)(C)OC(=O)N1CCn2cc(Br)cc2C1. The molecule has 1 amide bonds. The van der Waals surface area contributed by atoms with Gasteiger partial charge in [0.1, 0.15) is 5.60 Å². The number of halogens is 1. The van der Waals surface area contributed by atoms with Gasteiger partial charge in [0, 0.05) is 29.5 Å². The molecule has 17 heavy (non-hydrogen) atoms. The molecule has 94 valence electrons. The van der Waals surface area contributed by atoms with E-state index in [0.29, 0.717) is 13.1 Å². The monoisotopic (exact) mass is 300 g/mol. The second-order valence-electron chi connectivity index (χ2n) is 5.24. The molecule has 0 radical (unpaired) electrons. The van der Waals surface area contributed by atoms with Crippen LogP contribution in [0, 0.1) is 0 Å². The molecule has 4 nitrogen and oxygen atoms in total. The van der Waals surface area contributed by atoms with Crippen LogP contribution in [0.2, 0.25) is 0 Å². The van der Waals surface area contributed by atoms with Crippen LogP contribution in [0.4, 0.5) is 4.79 Å². The smallest absolute Gasteiger partial charge is 0.410 e. The quantitative estimate of drug-likeness (QED) is 0.738. The predicted octanol–water partition coefficient (Wildman–Crippen LogP) is 3.00. The lowest BCUT2D eigenvalue weighted by atomic mass is 10.2. The Kier molecular flexibility index (Phi) is 3.21. The summed E-state index contributed by atoms with van der Waals surface area (Å²) in [5.74, 6) is 0. The predicted molar refractivity (Wildman–Crippen MR) is 68.8 cm³/mol. The van der Waals surface area contributed by atoms with Crippen molar-refractivity contribution in [1.82, 2.24) is 9.47 Å². The summed E-state index contributed by atoms with van der Waals surface area (Å²) in [5, 5.41) is 0. The van der Waals surface area contributed by atoms with E-state index in [1.807, 2.05) is 33.0 Å². The highest BCUT2D eigenvalue weighted by atomic mass is 79.9. The molecule has 0 spiro atoms. The molecule has 0 atom stereocenters. The molecule has 1 aliphatic rings. The first-order chi connectivity index (χ1) is 7.85. The molecule has 0 bridgehead atoms. The van der Waals surface area contributed by atoms with Gasteiger partial charge in [0.05, 0.1) is 6.54 Å². The summed E-state index contributed by atoms with van der Waals surface area (Å²) < 4.78 is 8.58. The van der Waals surface area contributed by atoms with Gasteiger partial charge >= 0.3 is 6.09 Å². The van der Waals surface area contributed by atoms with Crippen molar-refractivity contribution in [1.29, 1.82) is 0 Å². The van der Waals surface area contributed by atoms with Gasteiger partial charge in [-0.3, -0.25) is 0 Å². The normalized spacial score (nSPS) is 15.6. The van der Waals surface area contributed by atoms with Crippen LogP contribution in [0.5, 0.6) is 0 Å². The van der Waals surface area contributed by atoms with E-state index in [1.54, 1.807) is 4.90 Å². The fraction of sp³-hybridized carbons (Fsp3) is 0.583. The molecule has 0 saturated heterocycles. The van der Waals surface area contributed by atoms with Crippen LogP contribution in [-0.4, -0.2) is 27.7 Å². The maximum atomic E-state index is 11.9. The van der Waals surface area contributed by atoms with Crippen molar-refractivity contribution in [3.8, 4) is 0 Å². The Balaban J connectivity index is 2.05. The zero-order valence-corrected chi connectivity index (χ0v) is 12.0. The van der Waals surface area contributed by atoms with E-state index >= 15 is 0 Å². The molecule has 2 rings (SSSR count). The maximum Gasteiger partial charge on any atom is 0.410 e. The molecular formula is C12H17BrN2O2. The summed E-state index contributed by atoms with van der Waals surface area (Å²) in [6, 6.07) is 2.04. The Morgan fingerprint density at radius 2 is 2.12 bits per heavy atom. The van der Waals surface area contributed by atoms with Gasteiger partial charge in [0.25, 0.3) is 0 Å². The van der Waals surface area contributed by atoms with E-state index in [0.717, 1.165) is 16.7 Å². The number of ether oxygens (including phenoxy) is 1. The highest BCUT2D eigenvalue weighted by Gasteiger charge is 2.25. The summed E-state index contributed by atoms with van der Waals surface area (Å²) in [6.07, 6.45) is 1.81. The van der Waals surface area contributed by atoms with Gasteiger partial charge in [0.2, 0.25) is 0 Å². The first-order valence-electron chi connectivity index (χ1n) is 5.68. The zero-order valence-electron chi connectivity index (χ0n) is 10.4. The summed E-state index contributed by atoms with van der Waals surface area (Å²) >= 11 is 3.44. The molecule has 0 unspecified atom stereocenters. The summed E-state index contributed by atoms with van der Waals surface area (Å²) in [6.45, 7) is 7.78. The minimum atomic E-state index is -0.433. The molecular weight excluding hydrogens is 284 g/mol. The number of rotatable bonds is 0. The maximum absolute atomic E-state index is 11.9. The Bertz CT molecular complexity index is 434. The Labute approximate surface area is 110 Å². The number of hydrogen-bond acceptors (Lipinski definition) is 2. The second kappa shape index (κ2) is 4.37. The van der Waals surface area contributed by atoms with Gasteiger partial charge in [-0.25, -0.2) is 4.79 Å². The molecule has 2 heterocycles. The Hall–Kier alpha value is -0.970. The number of fused-ring (bicyclic) bond motifs is 1. The molecule has 1 aromatic rings. The molecule has 0 N–H and O–H groups in total. The number of nitrogens with zero attached hydrogens (tertiary/aromatic N) is 2. The van der Waals surface area contributed by atoms with Crippen LogP contribution in [0.25, 0.3) is 0 Å². The number of amides is 1. The van der Waals surface area contributed by atoms with Gasteiger partial charge < -0.3 is 14.2 Å². The molecule has 1 aliphatic heterocycles. The van der Waals surface area contributed by atoms with E-state index in [4.69, 9.17) is 4.74 Å². The highest BCUT2D eigenvalue weighted by molar-refractivity contribution is 9.10. The molecule has 5 heteroatoms. The van der Waals surface area contributed by atoms with Crippen molar-refractivity contribution in [2.24, 2.45) is 0 Å². The van der Waals surface area contributed by atoms with Gasteiger partial charge in [-0.05, 0) is 42.8 Å². The van der Waals surface area contributed by atoms with Crippen LogP contribution in [0.15, 0.2) is 16.7 Å². The lowest BCUT2D eigenvalue weighted by Gasteiger charge is -2.30. The summed E-state index contributed by atoms with van der Waals surface area (Å²) in [5.41, 5.74) is 0.700. The molecule has 1 aromatic heterocycles. The third kappa shape index (κ3) is 3.03. The third-order valence-electron chi connectivity index (χ3n) is 2.57. The lowest BCUT2D eigenvalue weighted by molar-refractivity contribution is 0.0199. The van der Waals surface area contributed by atoms with Crippen LogP contribution in [0.3, 0.4) is 0 Å². The lowest BCUT2D eigenvalue weighted by Crippen LogP contribution is -2.41. The van der Waals surface area contributed by atoms with E-state index < -0.39 is 5.60 Å². The topological polar surface area (TPSA) is 34.5 Å². The van der Waals surface area contributed by atoms with E-state index in [9.17, 15) is 4.79 Å². The number of hydrogen-bond donors (Lipinski definition) is 0. The number of carbonyl (C=O) groups is 1. The largest absolute Gasteiger partial charge is 0.444 e. The molecule has 0 aliphatic carbocycles. The third-order valence-corrected chi connectivity index (χ3v) is 3.00. The summed E-state index contributed by atoms with van der Waals surface area (Å²) in [4.78, 5) is 13.7.